The molecule has 3 N–H and O–H groups in total. The van der Waals surface area contributed by atoms with Crippen LogP contribution in [0.25, 0.3) is 0 Å². The Morgan fingerprint density at radius 3 is 2.47 bits per heavy atom. The highest BCUT2D eigenvalue weighted by molar-refractivity contribution is 5.94. The lowest BCUT2D eigenvalue weighted by Gasteiger charge is -2.29. The Hall–Kier alpha value is -1.42. The van der Waals surface area contributed by atoms with Crippen LogP contribution in [-0.2, 0) is 0 Å². The van der Waals surface area contributed by atoms with Crippen LogP contribution < -0.4 is 11.1 Å². The van der Waals surface area contributed by atoms with Gasteiger partial charge in [-0.05, 0) is 50.6 Å². The summed E-state index contributed by atoms with van der Waals surface area (Å²) in [4.78, 5) is 11.9. The number of nitrogens with one attached hydrogen (secondary N) is 1. The quantitative estimate of drug-likeness (QED) is 0.825. The maximum Gasteiger partial charge on any atom is 0.251 e. The van der Waals surface area contributed by atoms with Gasteiger partial charge in [-0.3, -0.25) is 4.79 Å². The first-order chi connectivity index (χ1) is 8.00. The highest BCUT2D eigenvalue weighted by Crippen LogP contribution is 2.14. The van der Waals surface area contributed by atoms with Crippen LogP contribution in [0, 0.1) is 5.82 Å². The van der Waals surface area contributed by atoms with Crippen molar-refractivity contribution in [2.75, 3.05) is 6.54 Å². The highest BCUT2D eigenvalue weighted by atomic mass is 19.1. The van der Waals surface area contributed by atoms with E-state index in [4.69, 9.17) is 5.73 Å². The monoisotopic (exact) mass is 238 g/mol. The minimum absolute atomic E-state index is 0.192. The van der Waals surface area contributed by atoms with Gasteiger partial charge in [-0.15, -0.1) is 0 Å². The minimum atomic E-state index is -0.346. The van der Waals surface area contributed by atoms with Gasteiger partial charge in [0.05, 0.1) is 0 Å². The number of amides is 1. The van der Waals surface area contributed by atoms with E-state index in [0.29, 0.717) is 12.1 Å². The fourth-order valence-electron chi connectivity index (χ4n) is 1.59. The molecular weight excluding hydrogens is 219 g/mol. The van der Waals surface area contributed by atoms with E-state index in [1.54, 1.807) is 0 Å². The Morgan fingerprint density at radius 2 is 2.00 bits per heavy atom. The number of hydrogen-bond donors (Lipinski definition) is 2. The summed E-state index contributed by atoms with van der Waals surface area (Å²) in [6.45, 7) is 4.48. The van der Waals surface area contributed by atoms with Crippen LogP contribution in [0.3, 0.4) is 0 Å². The summed E-state index contributed by atoms with van der Waals surface area (Å²) in [6.07, 6.45) is 1.52. The second-order valence-electron chi connectivity index (χ2n) is 4.41. The molecule has 0 spiro atoms. The predicted octanol–water partition coefficient (Wildman–Crippen LogP) is 2.07. The van der Waals surface area contributed by atoms with Gasteiger partial charge in [-0.1, -0.05) is 6.92 Å². The lowest BCUT2D eigenvalue weighted by atomic mass is 9.94. The summed E-state index contributed by atoms with van der Waals surface area (Å²) >= 11 is 0. The van der Waals surface area contributed by atoms with Gasteiger partial charge in [-0.25, -0.2) is 4.39 Å². The molecule has 1 aromatic rings. The van der Waals surface area contributed by atoms with Crippen LogP contribution in [0.4, 0.5) is 4.39 Å². The van der Waals surface area contributed by atoms with Gasteiger partial charge in [0, 0.05) is 11.1 Å². The molecule has 1 amide bonds. The first-order valence-electron chi connectivity index (χ1n) is 5.79. The molecule has 1 unspecified atom stereocenters. The molecule has 0 aliphatic rings. The summed E-state index contributed by atoms with van der Waals surface area (Å²) in [7, 11) is 0. The molecule has 0 heterocycles. The summed E-state index contributed by atoms with van der Waals surface area (Å²) < 4.78 is 12.7. The van der Waals surface area contributed by atoms with Crippen LogP contribution in [0.1, 0.15) is 37.0 Å². The van der Waals surface area contributed by atoms with Gasteiger partial charge >= 0.3 is 0 Å². The van der Waals surface area contributed by atoms with E-state index in [1.807, 2.05) is 13.8 Å². The van der Waals surface area contributed by atoms with Crippen molar-refractivity contribution in [1.29, 1.82) is 0 Å². The van der Waals surface area contributed by atoms with Crippen molar-refractivity contribution >= 4 is 5.91 Å². The Kier molecular flexibility index (Phi) is 4.63. The van der Waals surface area contributed by atoms with Gasteiger partial charge < -0.3 is 11.1 Å². The van der Waals surface area contributed by atoms with Crippen molar-refractivity contribution in [3.8, 4) is 0 Å². The number of carbonyl (C=O) groups excluding carboxylic acids is 1. The molecule has 0 aromatic heterocycles. The summed E-state index contributed by atoms with van der Waals surface area (Å²) in [5.41, 5.74) is 5.68. The second kappa shape index (κ2) is 5.77. The molecule has 1 aromatic carbocycles. The average molecular weight is 238 g/mol. The fraction of sp³-hybridized carbons (Fsp3) is 0.462. The Morgan fingerprint density at radius 1 is 1.41 bits per heavy atom. The van der Waals surface area contributed by atoms with Gasteiger partial charge in [0.15, 0.2) is 0 Å². The molecule has 0 aliphatic heterocycles. The zero-order chi connectivity index (χ0) is 12.9. The van der Waals surface area contributed by atoms with Crippen molar-refractivity contribution in [3.05, 3.63) is 35.6 Å². The topological polar surface area (TPSA) is 55.1 Å². The van der Waals surface area contributed by atoms with Crippen LogP contribution in [0.5, 0.6) is 0 Å². The number of hydrogen-bond acceptors (Lipinski definition) is 2. The standard InChI is InChI=1S/C13H19FN2O/c1-3-13(2,8-9-15)16-12(17)10-4-6-11(14)7-5-10/h4-7H,3,8-9,15H2,1-2H3,(H,16,17). The molecule has 0 saturated carbocycles. The fourth-order valence-corrected chi connectivity index (χ4v) is 1.59. The van der Waals surface area contributed by atoms with E-state index in [2.05, 4.69) is 5.32 Å². The SMILES string of the molecule is CCC(C)(CCN)NC(=O)c1ccc(F)cc1. The smallest absolute Gasteiger partial charge is 0.251 e. The molecule has 1 atom stereocenters. The molecule has 0 bridgehead atoms. The molecule has 0 fully saturated rings. The summed E-state index contributed by atoms with van der Waals surface area (Å²) in [5.74, 6) is -0.537. The first kappa shape index (κ1) is 13.6. The van der Waals surface area contributed by atoms with Crippen molar-refractivity contribution in [2.45, 2.75) is 32.2 Å². The maximum atomic E-state index is 12.7. The normalized spacial score (nSPS) is 14.1. The third-order valence-corrected chi connectivity index (χ3v) is 3.00. The van der Waals surface area contributed by atoms with Crippen molar-refractivity contribution in [2.24, 2.45) is 5.73 Å². The molecule has 4 heteroatoms. The van der Waals surface area contributed by atoms with E-state index >= 15 is 0 Å². The number of nitrogens with two attached hydrogens (primary N) is 1. The molecule has 0 radical (unpaired) electrons. The molecule has 0 saturated heterocycles. The minimum Gasteiger partial charge on any atom is -0.347 e. The second-order valence-corrected chi connectivity index (χ2v) is 4.41. The molecule has 17 heavy (non-hydrogen) atoms. The van der Waals surface area contributed by atoms with E-state index in [9.17, 15) is 9.18 Å². The number of halogens is 1. The zero-order valence-corrected chi connectivity index (χ0v) is 10.3. The number of benzene rings is 1. The summed E-state index contributed by atoms with van der Waals surface area (Å²) in [6, 6.07) is 5.51. The number of carbonyl (C=O) groups is 1. The molecule has 1 rings (SSSR count). The average Bonchev–Trinajstić information content (AvgIpc) is 2.30. The molecular formula is C13H19FN2O. The molecule has 0 aliphatic carbocycles. The Labute approximate surface area is 101 Å². The molecule has 3 nitrogen and oxygen atoms in total. The number of rotatable bonds is 5. The lowest BCUT2D eigenvalue weighted by Crippen LogP contribution is -2.46. The van der Waals surface area contributed by atoms with E-state index in [-0.39, 0.29) is 17.3 Å². The van der Waals surface area contributed by atoms with Crippen molar-refractivity contribution in [1.82, 2.24) is 5.32 Å². The zero-order valence-electron chi connectivity index (χ0n) is 10.3. The summed E-state index contributed by atoms with van der Waals surface area (Å²) in [5, 5.41) is 2.94. The largest absolute Gasteiger partial charge is 0.347 e. The Bertz CT molecular complexity index is 378. The Balaban J connectivity index is 2.74. The van der Waals surface area contributed by atoms with E-state index in [1.165, 1.54) is 24.3 Å². The van der Waals surface area contributed by atoms with Crippen molar-refractivity contribution in [3.63, 3.8) is 0 Å². The van der Waals surface area contributed by atoms with Crippen LogP contribution in [0.15, 0.2) is 24.3 Å². The van der Waals surface area contributed by atoms with Gasteiger partial charge in [-0.2, -0.15) is 0 Å². The van der Waals surface area contributed by atoms with Gasteiger partial charge in [0.25, 0.3) is 5.91 Å². The molecule has 94 valence electrons. The van der Waals surface area contributed by atoms with E-state index in [0.717, 1.165) is 12.8 Å². The lowest BCUT2D eigenvalue weighted by molar-refractivity contribution is 0.0900. The third-order valence-electron chi connectivity index (χ3n) is 3.00. The van der Waals surface area contributed by atoms with E-state index < -0.39 is 0 Å². The van der Waals surface area contributed by atoms with Crippen molar-refractivity contribution < 1.29 is 9.18 Å². The van der Waals surface area contributed by atoms with Crippen LogP contribution >= 0.6 is 0 Å². The van der Waals surface area contributed by atoms with Gasteiger partial charge in [0.2, 0.25) is 0 Å². The maximum absolute atomic E-state index is 12.7. The predicted molar refractivity (Wildman–Crippen MR) is 66.2 cm³/mol. The highest BCUT2D eigenvalue weighted by Gasteiger charge is 2.23. The third kappa shape index (κ3) is 3.82. The van der Waals surface area contributed by atoms with Crippen LogP contribution in [-0.4, -0.2) is 18.0 Å². The van der Waals surface area contributed by atoms with Gasteiger partial charge in [0.1, 0.15) is 5.82 Å². The van der Waals surface area contributed by atoms with Crippen LogP contribution in [0.2, 0.25) is 0 Å². The first-order valence-corrected chi connectivity index (χ1v) is 5.79.